The number of carbonyl (C=O) groups excluding carboxylic acids is 7. The summed E-state index contributed by atoms with van der Waals surface area (Å²) >= 11 is 2.71. The van der Waals surface area contributed by atoms with Crippen molar-refractivity contribution in [3.8, 4) is 0 Å². The number of rotatable bonds is 7. The lowest BCUT2D eigenvalue weighted by Gasteiger charge is -2.17. The number of imide groups is 2. The highest BCUT2D eigenvalue weighted by molar-refractivity contribution is 8.11. The van der Waals surface area contributed by atoms with E-state index in [4.69, 9.17) is 4.74 Å². The molecule has 1 aromatic heterocycles. The zero-order chi connectivity index (χ0) is 34.0. The van der Waals surface area contributed by atoms with Crippen molar-refractivity contribution in [1.29, 1.82) is 0 Å². The molecular formula is C36H23N3O8S2. The molecular weight excluding hydrogens is 667 g/mol. The number of esters is 1. The molecule has 11 nitrogen and oxygen atoms in total. The smallest absolute Gasteiger partial charge is 0.338 e. The summed E-state index contributed by atoms with van der Waals surface area (Å²) in [5.41, 5.74) is 1.67. The molecule has 4 amide bonds. The lowest BCUT2D eigenvalue weighted by Crippen LogP contribution is -2.31. The monoisotopic (exact) mass is 689 g/mol. The van der Waals surface area contributed by atoms with E-state index >= 15 is 0 Å². The predicted molar refractivity (Wildman–Crippen MR) is 181 cm³/mol. The molecule has 0 fully saturated rings. The fourth-order valence-electron chi connectivity index (χ4n) is 6.44. The Hall–Kier alpha value is -5.40. The molecule has 0 radical (unpaired) electrons. The van der Waals surface area contributed by atoms with Crippen LogP contribution in [-0.4, -0.2) is 75.7 Å². The molecule has 0 bridgehead atoms. The van der Waals surface area contributed by atoms with Gasteiger partial charge in [0.25, 0.3) is 23.6 Å². The van der Waals surface area contributed by atoms with E-state index in [2.05, 4.69) is 4.98 Å². The number of benzene rings is 3. The number of anilines is 1. The summed E-state index contributed by atoms with van der Waals surface area (Å²) in [6.07, 6.45) is 0.211. The van der Waals surface area contributed by atoms with E-state index < -0.39 is 47.1 Å². The van der Waals surface area contributed by atoms with Gasteiger partial charge >= 0.3 is 5.97 Å². The molecule has 0 saturated carbocycles. The van der Waals surface area contributed by atoms with Crippen LogP contribution in [0.2, 0.25) is 0 Å². The number of ketones is 2. The lowest BCUT2D eigenvalue weighted by atomic mass is 9.98. The summed E-state index contributed by atoms with van der Waals surface area (Å²) in [5.74, 6) is -3.21. The van der Waals surface area contributed by atoms with Crippen LogP contribution >= 0.6 is 23.5 Å². The molecule has 0 saturated heterocycles. The molecule has 13 heteroatoms. The molecule has 4 aliphatic rings. The number of ether oxygens (including phenoxy) is 1. The van der Waals surface area contributed by atoms with Gasteiger partial charge in [-0.25, -0.2) is 14.7 Å². The van der Waals surface area contributed by atoms with Crippen molar-refractivity contribution in [3.63, 3.8) is 0 Å². The molecule has 1 aliphatic carbocycles. The maximum Gasteiger partial charge on any atom is 0.338 e. The molecule has 4 aromatic rings. The Morgan fingerprint density at radius 2 is 1.41 bits per heavy atom. The van der Waals surface area contributed by atoms with Crippen molar-refractivity contribution < 1.29 is 38.3 Å². The maximum atomic E-state index is 13.7. The van der Waals surface area contributed by atoms with Crippen LogP contribution in [0.5, 0.6) is 0 Å². The number of amides is 4. The standard InChI is InChI=1S/C36H23N3O8S2/c40-28-20-11-9-19(36(46)47-14-4-13-38-32(42)21-6-1-2-7-22(21)33(38)43)17-23(20)29(41)26(28)24-12-10-18-5-3-8-25(27(18)37-24)39-34(44)30-31(35(39)45)49-16-15-48-30/h1-3,5-12,17,26H,4,13-16H2. The molecule has 1 atom stereocenters. The first-order chi connectivity index (χ1) is 23.7. The topological polar surface area (TPSA) is 148 Å². The van der Waals surface area contributed by atoms with Gasteiger partial charge in [-0.2, -0.15) is 0 Å². The van der Waals surface area contributed by atoms with E-state index in [-0.39, 0.29) is 47.6 Å². The van der Waals surface area contributed by atoms with Crippen molar-refractivity contribution in [3.05, 3.63) is 116 Å². The van der Waals surface area contributed by atoms with Gasteiger partial charge in [0.15, 0.2) is 11.6 Å². The zero-order valence-corrected chi connectivity index (χ0v) is 27.1. The number of carbonyl (C=O) groups is 7. The van der Waals surface area contributed by atoms with Crippen LogP contribution in [0, 0.1) is 0 Å². The van der Waals surface area contributed by atoms with Gasteiger partial charge in [-0.15, -0.1) is 23.5 Å². The Kier molecular flexibility index (Phi) is 7.53. The first-order valence-electron chi connectivity index (χ1n) is 15.4. The van der Waals surface area contributed by atoms with Gasteiger partial charge in [-0.3, -0.25) is 33.7 Å². The second-order valence-corrected chi connectivity index (χ2v) is 13.8. The molecule has 0 N–H and O–H groups in total. The second kappa shape index (κ2) is 11.9. The largest absolute Gasteiger partial charge is 0.462 e. The Morgan fingerprint density at radius 1 is 0.735 bits per heavy atom. The van der Waals surface area contributed by atoms with Crippen LogP contribution in [0.25, 0.3) is 10.9 Å². The van der Waals surface area contributed by atoms with Gasteiger partial charge in [0.2, 0.25) is 0 Å². The summed E-state index contributed by atoms with van der Waals surface area (Å²) in [4.78, 5) is 99.6. The molecule has 49 heavy (non-hydrogen) atoms. The Labute approximate surface area is 286 Å². The predicted octanol–water partition coefficient (Wildman–Crippen LogP) is 4.81. The van der Waals surface area contributed by atoms with E-state index in [1.165, 1.54) is 41.7 Å². The summed E-state index contributed by atoms with van der Waals surface area (Å²) in [6, 6.07) is 19.0. The molecule has 1 unspecified atom stereocenters. The Bertz CT molecular complexity index is 2200. The second-order valence-electron chi connectivity index (χ2n) is 11.6. The van der Waals surface area contributed by atoms with Crippen LogP contribution < -0.4 is 4.90 Å². The highest BCUT2D eigenvalue weighted by Gasteiger charge is 2.44. The first kappa shape index (κ1) is 30.9. The quantitative estimate of drug-likeness (QED) is 0.114. The molecule has 3 aliphatic heterocycles. The Balaban J connectivity index is 0.983. The van der Waals surface area contributed by atoms with Crippen molar-refractivity contribution in [2.45, 2.75) is 12.3 Å². The molecule has 242 valence electrons. The number of thioether (sulfide) groups is 2. The summed E-state index contributed by atoms with van der Waals surface area (Å²) in [6.45, 7) is -0.0180. The van der Waals surface area contributed by atoms with Gasteiger partial charge in [0, 0.05) is 34.6 Å². The van der Waals surface area contributed by atoms with Crippen LogP contribution in [-0.2, 0) is 14.3 Å². The van der Waals surface area contributed by atoms with E-state index in [0.29, 0.717) is 31.8 Å². The maximum absolute atomic E-state index is 13.7. The minimum atomic E-state index is -1.28. The minimum Gasteiger partial charge on any atom is -0.462 e. The van der Waals surface area contributed by atoms with Gasteiger partial charge in [-0.05, 0) is 48.9 Å². The average molecular weight is 690 g/mol. The third-order valence-corrected chi connectivity index (χ3v) is 11.3. The zero-order valence-electron chi connectivity index (χ0n) is 25.5. The number of aromatic nitrogens is 1. The fourth-order valence-corrected chi connectivity index (χ4v) is 8.73. The Morgan fingerprint density at radius 3 is 2.10 bits per heavy atom. The van der Waals surface area contributed by atoms with E-state index in [1.54, 1.807) is 54.6 Å². The summed E-state index contributed by atoms with van der Waals surface area (Å²) in [5, 5.41) is 0.621. The van der Waals surface area contributed by atoms with Crippen LogP contribution in [0.3, 0.4) is 0 Å². The molecule has 4 heterocycles. The van der Waals surface area contributed by atoms with Gasteiger partial charge in [-0.1, -0.05) is 30.3 Å². The highest BCUT2D eigenvalue weighted by Crippen LogP contribution is 2.44. The van der Waals surface area contributed by atoms with Crippen molar-refractivity contribution >= 4 is 81.3 Å². The van der Waals surface area contributed by atoms with Crippen LogP contribution in [0.15, 0.2) is 82.6 Å². The number of Topliss-reactive ketones (excluding diaryl/α,β-unsaturated/α-hetero) is 2. The first-order valence-corrected chi connectivity index (χ1v) is 17.3. The van der Waals surface area contributed by atoms with Gasteiger partial charge < -0.3 is 4.74 Å². The minimum absolute atomic E-state index is 0.0569. The van der Waals surface area contributed by atoms with Crippen LogP contribution in [0.4, 0.5) is 5.69 Å². The van der Waals surface area contributed by atoms with E-state index in [0.717, 1.165) is 21.3 Å². The van der Waals surface area contributed by atoms with Crippen molar-refractivity contribution in [2.75, 3.05) is 29.6 Å². The fraction of sp³-hybridized carbons (Fsp3) is 0.167. The lowest BCUT2D eigenvalue weighted by molar-refractivity contribution is -0.120. The average Bonchev–Trinajstić information content (AvgIpc) is 3.64. The van der Waals surface area contributed by atoms with Gasteiger partial charge in [0.1, 0.15) is 5.92 Å². The molecule has 8 rings (SSSR count). The molecule has 0 spiro atoms. The molecule has 3 aromatic carbocycles. The number of fused-ring (bicyclic) bond motifs is 3. The SMILES string of the molecule is O=C(OCCCN1C(=O)c2ccccc2C1=O)c1ccc2c(c1)C(=O)C(c1ccc3cccc(N4C(=O)C5=C(SCCS5)C4=O)c3n1)C2=O. The van der Waals surface area contributed by atoms with Crippen molar-refractivity contribution in [1.82, 2.24) is 9.88 Å². The number of para-hydroxylation sites is 1. The van der Waals surface area contributed by atoms with Crippen molar-refractivity contribution in [2.24, 2.45) is 0 Å². The number of pyridine rings is 1. The van der Waals surface area contributed by atoms with Crippen LogP contribution in [0.1, 0.15) is 69.8 Å². The summed E-state index contributed by atoms with van der Waals surface area (Å²) < 4.78 is 5.37. The summed E-state index contributed by atoms with van der Waals surface area (Å²) in [7, 11) is 0. The third-order valence-electron chi connectivity index (χ3n) is 8.78. The third kappa shape index (κ3) is 4.91. The van der Waals surface area contributed by atoms with E-state index in [9.17, 15) is 33.6 Å². The van der Waals surface area contributed by atoms with E-state index in [1.807, 2.05) is 0 Å². The van der Waals surface area contributed by atoms with Gasteiger partial charge in [0.05, 0.1) is 50.0 Å². The number of hydrogen-bond acceptors (Lipinski definition) is 11. The highest BCUT2D eigenvalue weighted by atomic mass is 32.2. The number of nitrogens with zero attached hydrogens (tertiary/aromatic N) is 3. The normalized spacial score (nSPS) is 18.5. The number of hydrogen-bond donors (Lipinski definition) is 0.